The molecule has 3 rings (SSSR count). The zero-order valence-electron chi connectivity index (χ0n) is 14.5. The maximum absolute atomic E-state index is 12.3. The predicted octanol–water partition coefficient (Wildman–Crippen LogP) is 3.77. The summed E-state index contributed by atoms with van der Waals surface area (Å²) in [5.74, 6) is 0.544. The molecule has 1 amide bonds. The number of rotatable bonds is 4. The van der Waals surface area contributed by atoms with Crippen LogP contribution in [0.25, 0.3) is 0 Å². The van der Waals surface area contributed by atoms with Gasteiger partial charge in [-0.05, 0) is 48.3 Å². The van der Waals surface area contributed by atoms with Crippen LogP contribution < -0.4 is 5.43 Å². The van der Waals surface area contributed by atoms with E-state index in [0.29, 0.717) is 18.1 Å². The quantitative estimate of drug-likeness (QED) is 0.860. The normalized spacial score (nSPS) is 29.9. The van der Waals surface area contributed by atoms with E-state index in [2.05, 4.69) is 31.3 Å². The van der Waals surface area contributed by atoms with Gasteiger partial charge in [0, 0.05) is 23.8 Å². The van der Waals surface area contributed by atoms with Crippen LogP contribution in [-0.2, 0) is 11.3 Å². The Morgan fingerprint density at radius 2 is 2.00 bits per heavy atom. The van der Waals surface area contributed by atoms with Crippen LogP contribution >= 0.6 is 0 Å². The molecule has 1 aromatic rings. The van der Waals surface area contributed by atoms with E-state index in [0.717, 1.165) is 17.7 Å². The molecule has 2 bridgehead atoms. The highest BCUT2D eigenvalue weighted by atomic mass is 16.5. The average Bonchev–Trinajstić information content (AvgIpc) is 2.86. The molecule has 4 heteroatoms. The first-order valence-electron chi connectivity index (χ1n) is 8.34. The Morgan fingerprint density at radius 3 is 2.52 bits per heavy atom. The van der Waals surface area contributed by atoms with Crippen LogP contribution in [0, 0.1) is 16.7 Å². The molecule has 0 unspecified atom stereocenters. The molecule has 1 N–H and O–H groups in total. The summed E-state index contributed by atoms with van der Waals surface area (Å²) in [4.78, 5) is 12.3. The molecule has 2 fully saturated rings. The lowest BCUT2D eigenvalue weighted by molar-refractivity contribution is 0.0953. The van der Waals surface area contributed by atoms with E-state index >= 15 is 0 Å². The Bertz CT molecular complexity index is 633. The van der Waals surface area contributed by atoms with Crippen molar-refractivity contribution in [2.45, 2.75) is 46.6 Å². The Kier molecular flexibility index (Phi) is 4.05. The van der Waals surface area contributed by atoms with Crippen LogP contribution in [-0.4, -0.2) is 18.7 Å². The van der Waals surface area contributed by atoms with E-state index in [9.17, 15) is 4.79 Å². The number of benzene rings is 1. The average molecular weight is 314 g/mol. The van der Waals surface area contributed by atoms with Gasteiger partial charge < -0.3 is 4.74 Å². The van der Waals surface area contributed by atoms with Crippen LogP contribution in [0.4, 0.5) is 0 Å². The number of hydrogen-bond donors (Lipinski definition) is 1. The van der Waals surface area contributed by atoms with E-state index in [1.807, 2.05) is 24.3 Å². The minimum Gasteiger partial charge on any atom is -0.380 e. The molecule has 0 aliphatic heterocycles. The summed E-state index contributed by atoms with van der Waals surface area (Å²) in [7, 11) is 1.66. The third-order valence-corrected chi connectivity index (χ3v) is 6.33. The van der Waals surface area contributed by atoms with Gasteiger partial charge >= 0.3 is 0 Å². The molecule has 2 aliphatic rings. The third-order valence-electron chi connectivity index (χ3n) is 6.33. The standard InChI is InChI=1S/C19H26N2O2/c1-18(2)15-9-10-19(18,3)16(11-15)20-21-17(22)14-7-5-13(6-8-14)12-23-4/h5-8,15H,9-12H2,1-4H3,(H,21,22)/b20-16-/t15-,19+/m1/s1. The van der Waals surface area contributed by atoms with E-state index in [1.165, 1.54) is 12.8 Å². The molecule has 4 nitrogen and oxygen atoms in total. The molecule has 2 saturated carbocycles. The molecule has 0 spiro atoms. The number of ether oxygens (including phenoxy) is 1. The fourth-order valence-electron chi connectivity index (χ4n) is 4.20. The van der Waals surface area contributed by atoms with Crippen molar-refractivity contribution < 1.29 is 9.53 Å². The fourth-order valence-corrected chi connectivity index (χ4v) is 4.20. The summed E-state index contributed by atoms with van der Waals surface area (Å²) in [6.07, 6.45) is 3.46. The zero-order chi connectivity index (χ0) is 16.7. The summed E-state index contributed by atoms with van der Waals surface area (Å²) >= 11 is 0. The molecule has 124 valence electrons. The maximum Gasteiger partial charge on any atom is 0.271 e. The molecule has 0 radical (unpaired) electrons. The second-order valence-electron chi connectivity index (χ2n) is 7.62. The molecule has 2 aliphatic carbocycles. The van der Waals surface area contributed by atoms with Gasteiger partial charge in [-0.15, -0.1) is 0 Å². The number of methoxy groups -OCH3 is 1. The Morgan fingerprint density at radius 1 is 1.30 bits per heavy atom. The topological polar surface area (TPSA) is 50.7 Å². The van der Waals surface area contributed by atoms with Gasteiger partial charge in [0.15, 0.2) is 0 Å². The highest BCUT2D eigenvalue weighted by Crippen LogP contribution is 2.63. The van der Waals surface area contributed by atoms with E-state index in [-0.39, 0.29) is 16.7 Å². The highest BCUT2D eigenvalue weighted by molar-refractivity contribution is 5.98. The predicted molar refractivity (Wildman–Crippen MR) is 91.3 cm³/mol. The van der Waals surface area contributed by atoms with Crippen molar-refractivity contribution in [2.75, 3.05) is 7.11 Å². The summed E-state index contributed by atoms with van der Waals surface area (Å²) in [6, 6.07) is 7.45. The number of nitrogens with one attached hydrogen (secondary N) is 1. The van der Waals surface area contributed by atoms with Crippen LogP contribution in [0.1, 0.15) is 56.0 Å². The van der Waals surface area contributed by atoms with Gasteiger partial charge in [-0.1, -0.05) is 32.9 Å². The monoisotopic (exact) mass is 314 g/mol. The first-order chi connectivity index (χ1) is 10.9. The Hall–Kier alpha value is -1.68. The first kappa shape index (κ1) is 16.2. The summed E-state index contributed by atoms with van der Waals surface area (Å²) in [5, 5.41) is 4.50. The number of amides is 1. The van der Waals surface area contributed by atoms with Gasteiger partial charge in [-0.2, -0.15) is 5.10 Å². The van der Waals surface area contributed by atoms with Crippen molar-refractivity contribution in [3.05, 3.63) is 35.4 Å². The van der Waals surface area contributed by atoms with Gasteiger partial charge in [0.25, 0.3) is 5.91 Å². The molecular formula is C19H26N2O2. The minimum atomic E-state index is -0.148. The van der Waals surface area contributed by atoms with E-state index in [1.54, 1.807) is 7.11 Å². The lowest BCUT2D eigenvalue weighted by Gasteiger charge is -2.34. The second-order valence-corrected chi connectivity index (χ2v) is 7.62. The van der Waals surface area contributed by atoms with Crippen LogP contribution in [0.3, 0.4) is 0 Å². The number of fused-ring (bicyclic) bond motifs is 2. The zero-order valence-corrected chi connectivity index (χ0v) is 14.5. The molecule has 23 heavy (non-hydrogen) atoms. The van der Waals surface area contributed by atoms with Crippen molar-refractivity contribution >= 4 is 11.6 Å². The number of nitrogens with zero attached hydrogens (tertiary/aromatic N) is 1. The van der Waals surface area contributed by atoms with Crippen molar-refractivity contribution in [1.29, 1.82) is 0 Å². The van der Waals surface area contributed by atoms with Gasteiger partial charge in [0.1, 0.15) is 0 Å². The van der Waals surface area contributed by atoms with Crippen LogP contribution in [0.15, 0.2) is 29.4 Å². The highest BCUT2D eigenvalue weighted by Gasteiger charge is 2.59. The number of hydrogen-bond acceptors (Lipinski definition) is 3. The van der Waals surface area contributed by atoms with E-state index < -0.39 is 0 Å². The van der Waals surface area contributed by atoms with Crippen molar-refractivity contribution in [3.63, 3.8) is 0 Å². The Labute approximate surface area is 138 Å². The van der Waals surface area contributed by atoms with Crippen molar-refractivity contribution in [2.24, 2.45) is 21.8 Å². The summed E-state index contributed by atoms with van der Waals surface area (Å²) < 4.78 is 5.08. The molecule has 0 saturated heterocycles. The summed E-state index contributed by atoms with van der Waals surface area (Å²) in [6.45, 7) is 7.52. The first-order valence-corrected chi connectivity index (χ1v) is 8.34. The van der Waals surface area contributed by atoms with Gasteiger partial charge in [-0.3, -0.25) is 4.79 Å². The molecular weight excluding hydrogens is 288 g/mol. The van der Waals surface area contributed by atoms with Crippen LogP contribution in [0.2, 0.25) is 0 Å². The molecule has 0 heterocycles. The van der Waals surface area contributed by atoms with Gasteiger partial charge in [-0.25, -0.2) is 5.43 Å². The number of carbonyl (C=O) groups is 1. The second kappa shape index (κ2) is 5.75. The molecule has 0 aromatic heterocycles. The van der Waals surface area contributed by atoms with Gasteiger partial charge in [0.2, 0.25) is 0 Å². The molecule has 2 atom stereocenters. The molecule has 1 aromatic carbocycles. The lowest BCUT2D eigenvalue weighted by Crippen LogP contribution is -2.34. The number of hydrazone groups is 1. The smallest absolute Gasteiger partial charge is 0.271 e. The largest absolute Gasteiger partial charge is 0.380 e. The minimum absolute atomic E-state index is 0.118. The van der Waals surface area contributed by atoms with Crippen molar-refractivity contribution in [3.8, 4) is 0 Å². The SMILES string of the molecule is COCc1ccc(C(=O)N/N=C2/C[C@H]3CC[C@]2(C)C3(C)C)cc1. The maximum atomic E-state index is 12.3. The fraction of sp³-hybridized carbons (Fsp3) is 0.579. The van der Waals surface area contributed by atoms with Crippen molar-refractivity contribution in [1.82, 2.24) is 5.43 Å². The lowest BCUT2D eigenvalue weighted by atomic mass is 9.70. The Balaban J connectivity index is 1.70. The van der Waals surface area contributed by atoms with E-state index in [4.69, 9.17) is 4.74 Å². The van der Waals surface area contributed by atoms with Gasteiger partial charge in [0.05, 0.1) is 6.61 Å². The third kappa shape index (κ3) is 2.59. The van der Waals surface area contributed by atoms with Crippen LogP contribution in [0.5, 0.6) is 0 Å². The number of carbonyl (C=O) groups excluding carboxylic acids is 1. The summed E-state index contributed by atoms with van der Waals surface area (Å²) in [5.41, 5.74) is 5.99.